The van der Waals surface area contributed by atoms with E-state index in [4.69, 9.17) is 15.0 Å². The van der Waals surface area contributed by atoms with Gasteiger partial charge in [-0.25, -0.2) is 15.0 Å². The molecule has 0 saturated heterocycles. The molecular formula is C39H23N3S. The molecule has 0 aliphatic carbocycles. The molecule has 7 aromatic carbocycles. The number of thiophene rings is 1. The summed E-state index contributed by atoms with van der Waals surface area (Å²) < 4.78 is 2.58. The highest BCUT2D eigenvalue weighted by molar-refractivity contribution is 7.26. The molecule has 0 unspecified atom stereocenters. The lowest BCUT2D eigenvalue weighted by Gasteiger charge is -2.14. The zero-order valence-corrected chi connectivity index (χ0v) is 23.8. The van der Waals surface area contributed by atoms with E-state index in [0.717, 1.165) is 22.1 Å². The first kappa shape index (κ1) is 24.2. The number of benzene rings is 7. The van der Waals surface area contributed by atoms with Crippen molar-refractivity contribution in [2.45, 2.75) is 0 Å². The Labute approximate surface area is 251 Å². The quantitative estimate of drug-likeness (QED) is 0.200. The van der Waals surface area contributed by atoms with E-state index >= 15 is 0 Å². The molecule has 9 rings (SSSR count). The Morgan fingerprint density at radius 1 is 0.372 bits per heavy atom. The second kappa shape index (κ2) is 9.55. The minimum atomic E-state index is 0.666. The monoisotopic (exact) mass is 565 g/mol. The number of fused-ring (bicyclic) bond motifs is 9. The minimum absolute atomic E-state index is 0.666. The molecule has 0 spiro atoms. The van der Waals surface area contributed by atoms with E-state index in [1.807, 2.05) is 47.7 Å². The summed E-state index contributed by atoms with van der Waals surface area (Å²) in [7, 11) is 0. The molecule has 0 bridgehead atoms. The fraction of sp³-hybridized carbons (Fsp3) is 0. The smallest absolute Gasteiger partial charge is 0.164 e. The largest absolute Gasteiger partial charge is 0.208 e. The van der Waals surface area contributed by atoms with Gasteiger partial charge in [-0.1, -0.05) is 121 Å². The molecule has 0 atom stereocenters. The Morgan fingerprint density at radius 2 is 0.907 bits per heavy atom. The number of nitrogens with zero attached hydrogens (tertiary/aromatic N) is 3. The first-order chi connectivity index (χ1) is 21.3. The SMILES string of the molecule is c1ccc(-c2nc(-c3ccccc3)nc(-c3cc4ccccc4c4c3ccc3sc5ccc6ccccc6c5c34)n2)cc1. The van der Waals surface area contributed by atoms with Gasteiger partial charge in [0.2, 0.25) is 0 Å². The van der Waals surface area contributed by atoms with Crippen LogP contribution in [0, 0.1) is 0 Å². The maximum Gasteiger partial charge on any atom is 0.164 e. The van der Waals surface area contributed by atoms with Crippen molar-refractivity contribution in [3.05, 3.63) is 140 Å². The average molecular weight is 566 g/mol. The second-order valence-electron chi connectivity index (χ2n) is 10.8. The summed E-state index contributed by atoms with van der Waals surface area (Å²) in [4.78, 5) is 15.2. The molecule has 0 fully saturated rings. The molecule has 3 nitrogen and oxygen atoms in total. The summed E-state index contributed by atoms with van der Waals surface area (Å²) in [5.74, 6) is 2.00. The van der Waals surface area contributed by atoms with Crippen molar-refractivity contribution < 1.29 is 0 Å². The Hall–Kier alpha value is -5.45. The predicted molar refractivity (Wildman–Crippen MR) is 182 cm³/mol. The van der Waals surface area contributed by atoms with Crippen molar-refractivity contribution in [2.24, 2.45) is 0 Å². The second-order valence-corrected chi connectivity index (χ2v) is 11.9. The third-order valence-corrected chi connectivity index (χ3v) is 9.41. The number of aromatic nitrogens is 3. The van der Waals surface area contributed by atoms with E-state index in [2.05, 4.69) is 103 Å². The average Bonchev–Trinajstić information content (AvgIpc) is 3.48. The fourth-order valence-electron chi connectivity index (χ4n) is 6.33. The van der Waals surface area contributed by atoms with Gasteiger partial charge in [0.05, 0.1) is 0 Å². The molecule has 2 aromatic heterocycles. The van der Waals surface area contributed by atoms with E-state index in [1.165, 1.54) is 47.1 Å². The van der Waals surface area contributed by atoms with Crippen LogP contribution in [0.5, 0.6) is 0 Å². The first-order valence-corrected chi connectivity index (χ1v) is 15.2. The molecule has 9 aromatic rings. The molecule has 43 heavy (non-hydrogen) atoms. The minimum Gasteiger partial charge on any atom is -0.208 e. The Bertz CT molecular complexity index is 2440. The molecule has 2 heterocycles. The van der Waals surface area contributed by atoms with Crippen molar-refractivity contribution in [1.29, 1.82) is 0 Å². The van der Waals surface area contributed by atoms with E-state index in [9.17, 15) is 0 Å². The van der Waals surface area contributed by atoms with Gasteiger partial charge in [-0.15, -0.1) is 11.3 Å². The van der Waals surface area contributed by atoms with Crippen LogP contribution in [0.25, 0.3) is 86.7 Å². The zero-order valence-electron chi connectivity index (χ0n) is 23.0. The van der Waals surface area contributed by atoms with Crippen LogP contribution >= 0.6 is 11.3 Å². The van der Waals surface area contributed by atoms with Gasteiger partial charge in [0, 0.05) is 36.9 Å². The first-order valence-electron chi connectivity index (χ1n) is 14.4. The van der Waals surface area contributed by atoms with Gasteiger partial charge < -0.3 is 0 Å². The van der Waals surface area contributed by atoms with Crippen molar-refractivity contribution >= 4 is 63.8 Å². The van der Waals surface area contributed by atoms with Crippen LogP contribution in [0.3, 0.4) is 0 Å². The summed E-state index contributed by atoms with van der Waals surface area (Å²) in [6, 6.07) is 49.0. The van der Waals surface area contributed by atoms with Crippen LogP contribution in [0.15, 0.2) is 140 Å². The Kier molecular flexibility index (Phi) is 5.37. The maximum atomic E-state index is 5.12. The summed E-state index contributed by atoms with van der Waals surface area (Å²) in [6.07, 6.45) is 0. The summed E-state index contributed by atoms with van der Waals surface area (Å²) in [5.41, 5.74) is 2.93. The normalized spacial score (nSPS) is 11.7. The molecule has 0 amide bonds. The molecule has 0 saturated carbocycles. The van der Waals surface area contributed by atoms with Gasteiger partial charge in [0.1, 0.15) is 0 Å². The molecule has 0 N–H and O–H groups in total. The number of hydrogen-bond acceptors (Lipinski definition) is 4. The van der Waals surface area contributed by atoms with E-state index < -0.39 is 0 Å². The van der Waals surface area contributed by atoms with Crippen LogP contribution in [-0.2, 0) is 0 Å². The van der Waals surface area contributed by atoms with Crippen molar-refractivity contribution in [3.63, 3.8) is 0 Å². The van der Waals surface area contributed by atoms with Gasteiger partial charge in [0.15, 0.2) is 17.5 Å². The summed E-state index contributed by atoms with van der Waals surface area (Å²) >= 11 is 1.86. The molecular weight excluding hydrogens is 543 g/mol. The molecule has 0 aliphatic rings. The van der Waals surface area contributed by atoms with Crippen LogP contribution in [0.2, 0.25) is 0 Å². The number of hydrogen-bond donors (Lipinski definition) is 0. The Morgan fingerprint density at radius 3 is 1.60 bits per heavy atom. The number of rotatable bonds is 3. The van der Waals surface area contributed by atoms with Gasteiger partial charge in [-0.3, -0.25) is 0 Å². The van der Waals surface area contributed by atoms with Crippen molar-refractivity contribution in [3.8, 4) is 34.2 Å². The topological polar surface area (TPSA) is 38.7 Å². The molecule has 200 valence electrons. The summed E-state index contributed by atoms with van der Waals surface area (Å²) in [6.45, 7) is 0. The fourth-order valence-corrected chi connectivity index (χ4v) is 7.46. The highest BCUT2D eigenvalue weighted by Crippen LogP contribution is 2.46. The molecule has 0 radical (unpaired) electrons. The predicted octanol–water partition coefficient (Wildman–Crippen LogP) is 10.7. The van der Waals surface area contributed by atoms with Gasteiger partial charge >= 0.3 is 0 Å². The molecule has 4 heteroatoms. The third kappa shape index (κ3) is 3.84. The van der Waals surface area contributed by atoms with Crippen LogP contribution in [-0.4, -0.2) is 15.0 Å². The highest BCUT2D eigenvalue weighted by atomic mass is 32.1. The van der Waals surface area contributed by atoms with Crippen LogP contribution in [0.1, 0.15) is 0 Å². The van der Waals surface area contributed by atoms with Crippen LogP contribution in [0.4, 0.5) is 0 Å². The van der Waals surface area contributed by atoms with Gasteiger partial charge in [-0.05, 0) is 50.5 Å². The lowest BCUT2D eigenvalue weighted by Crippen LogP contribution is -2.00. The van der Waals surface area contributed by atoms with Gasteiger partial charge in [-0.2, -0.15) is 0 Å². The summed E-state index contributed by atoms with van der Waals surface area (Å²) in [5, 5.41) is 9.94. The van der Waals surface area contributed by atoms with Crippen LogP contribution < -0.4 is 0 Å². The standard InChI is InChI=1S/C39H23N3S/c1-3-12-25(13-4-1)37-40-38(26-14-5-2-6-15-26)42-39(41-37)31-23-27-16-8-10-18-29(27)34-30(31)20-22-33-36(34)35-28-17-9-7-11-24(28)19-21-32(35)43-33/h1-23H. The third-order valence-electron chi connectivity index (χ3n) is 8.29. The maximum absolute atomic E-state index is 5.12. The van der Waals surface area contributed by atoms with Crippen molar-refractivity contribution in [2.75, 3.05) is 0 Å². The van der Waals surface area contributed by atoms with E-state index in [-0.39, 0.29) is 0 Å². The lowest BCUT2D eigenvalue weighted by atomic mass is 9.92. The zero-order chi connectivity index (χ0) is 28.3. The highest BCUT2D eigenvalue weighted by Gasteiger charge is 2.19. The van der Waals surface area contributed by atoms with E-state index in [1.54, 1.807) is 0 Å². The van der Waals surface area contributed by atoms with Crippen molar-refractivity contribution in [1.82, 2.24) is 15.0 Å². The molecule has 0 aliphatic heterocycles. The lowest BCUT2D eigenvalue weighted by molar-refractivity contribution is 1.08. The Balaban J connectivity index is 1.43. The van der Waals surface area contributed by atoms with Gasteiger partial charge in [0.25, 0.3) is 0 Å². The van der Waals surface area contributed by atoms with E-state index in [0.29, 0.717) is 17.5 Å².